The van der Waals surface area contributed by atoms with Gasteiger partial charge in [0.15, 0.2) is 18.1 Å². The maximum atomic E-state index is 13.0. The van der Waals surface area contributed by atoms with Crippen molar-refractivity contribution in [1.82, 2.24) is 4.90 Å². The van der Waals surface area contributed by atoms with Gasteiger partial charge in [-0.25, -0.2) is 0 Å². The molecule has 0 unspecified atom stereocenters. The minimum absolute atomic E-state index is 0.184. The molecule has 2 aliphatic rings. The fourth-order valence-electron chi connectivity index (χ4n) is 3.60. The highest BCUT2D eigenvalue weighted by atomic mass is 35.5. The van der Waals surface area contributed by atoms with Crippen LogP contribution in [0.5, 0.6) is 17.2 Å². The highest BCUT2D eigenvalue weighted by molar-refractivity contribution is 8.26. The Bertz CT molecular complexity index is 1380. The molecule has 2 aliphatic heterocycles. The summed E-state index contributed by atoms with van der Waals surface area (Å²) in [6, 6.07) is 19.8. The van der Waals surface area contributed by atoms with Crippen LogP contribution in [-0.4, -0.2) is 34.4 Å². The van der Waals surface area contributed by atoms with E-state index < -0.39 is 0 Å². The van der Waals surface area contributed by atoms with Crippen molar-refractivity contribution >= 4 is 63.5 Å². The lowest BCUT2D eigenvalue weighted by Gasteiger charge is -2.14. The van der Waals surface area contributed by atoms with Crippen LogP contribution in [0.25, 0.3) is 6.08 Å². The summed E-state index contributed by atoms with van der Waals surface area (Å²) < 4.78 is 16.8. The van der Waals surface area contributed by atoms with E-state index in [1.807, 2.05) is 36.4 Å². The molecular weight excluding hydrogens is 520 g/mol. The molecule has 0 spiro atoms. The molecule has 0 saturated carbocycles. The second kappa shape index (κ2) is 10.6. The number of hydrogen-bond donors (Lipinski definition) is 1. The lowest BCUT2D eigenvalue weighted by molar-refractivity contribution is -0.122. The minimum atomic E-state index is -0.299. The standard InChI is InChI=1S/C26H19ClN2O5S2/c27-19-10-16(6-8-20(19)32-14-24(30)28-18-4-2-1-3-5-18)12-23-25(31)29(26(35)36-23)13-17-7-9-21-22(11-17)34-15-33-21/h1-12H,13-15H2,(H,28,30)/b23-12-. The molecule has 0 aliphatic carbocycles. The second-order valence-electron chi connectivity index (χ2n) is 7.85. The van der Waals surface area contributed by atoms with Gasteiger partial charge in [-0.2, -0.15) is 0 Å². The van der Waals surface area contributed by atoms with Crippen molar-refractivity contribution < 1.29 is 23.8 Å². The van der Waals surface area contributed by atoms with Crippen LogP contribution in [0.2, 0.25) is 5.02 Å². The summed E-state index contributed by atoms with van der Waals surface area (Å²) in [5, 5.41) is 3.07. The molecule has 3 aromatic carbocycles. The van der Waals surface area contributed by atoms with E-state index >= 15 is 0 Å². The molecule has 0 bridgehead atoms. The first-order chi connectivity index (χ1) is 17.5. The summed E-state index contributed by atoms with van der Waals surface area (Å²) in [6.45, 7) is 0.333. The smallest absolute Gasteiger partial charge is 0.266 e. The number of nitrogens with zero attached hydrogens (tertiary/aromatic N) is 1. The van der Waals surface area contributed by atoms with Gasteiger partial charge >= 0.3 is 0 Å². The lowest BCUT2D eigenvalue weighted by atomic mass is 10.1. The van der Waals surface area contributed by atoms with Crippen molar-refractivity contribution in [2.75, 3.05) is 18.7 Å². The number of benzene rings is 3. The van der Waals surface area contributed by atoms with Crippen molar-refractivity contribution in [3.05, 3.63) is 87.8 Å². The number of hydrogen-bond acceptors (Lipinski definition) is 7. The largest absolute Gasteiger partial charge is 0.482 e. The van der Waals surface area contributed by atoms with Gasteiger partial charge in [-0.3, -0.25) is 14.5 Å². The molecule has 3 aromatic rings. The highest BCUT2D eigenvalue weighted by Crippen LogP contribution is 2.37. The number of anilines is 1. The van der Waals surface area contributed by atoms with E-state index in [1.165, 1.54) is 11.8 Å². The van der Waals surface area contributed by atoms with Crippen LogP contribution in [0.15, 0.2) is 71.6 Å². The van der Waals surface area contributed by atoms with Gasteiger partial charge < -0.3 is 19.5 Å². The zero-order chi connectivity index (χ0) is 25.1. The van der Waals surface area contributed by atoms with Crippen LogP contribution >= 0.6 is 35.6 Å². The Balaban J connectivity index is 1.22. The summed E-state index contributed by atoms with van der Waals surface area (Å²) >= 11 is 13.1. The molecule has 10 heteroatoms. The first kappa shape index (κ1) is 24.2. The van der Waals surface area contributed by atoms with Gasteiger partial charge in [-0.15, -0.1) is 0 Å². The van der Waals surface area contributed by atoms with Crippen LogP contribution in [0.4, 0.5) is 5.69 Å². The third-order valence-corrected chi connectivity index (χ3v) is 6.99. The van der Waals surface area contributed by atoms with Gasteiger partial charge in [0, 0.05) is 5.69 Å². The summed E-state index contributed by atoms with van der Waals surface area (Å²) in [4.78, 5) is 27.2. The molecule has 2 heterocycles. The number of rotatable bonds is 7. The maximum Gasteiger partial charge on any atom is 0.266 e. The van der Waals surface area contributed by atoms with Gasteiger partial charge in [-0.05, 0) is 53.6 Å². The molecule has 1 saturated heterocycles. The Morgan fingerprint density at radius 3 is 2.72 bits per heavy atom. The fraction of sp³-hybridized carbons (Fsp3) is 0.115. The van der Waals surface area contributed by atoms with Gasteiger partial charge in [0.05, 0.1) is 16.5 Å². The molecule has 2 amide bonds. The molecule has 0 atom stereocenters. The summed E-state index contributed by atoms with van der Waals surface area (Å²) in [7, 11) is 0. The number of carbonyl (C=O) groups excluding carboxylic acids is 2. The molecular formula is C26H19ClN2O5S2. The number of ether oxygens (including phenoxy) is 3. The highest BCUT2D eigenvalue weighted by Gasteiger charge is 2.32. The molecule has 0 aromatic heterocycles. The zero-order valence-electron chi connectivity index (χ0n) is 18.7. The quantitative estimate of drug-likeness (QED) is 0.315. The van der Waals surface area contributed by atoms with E-state index in [0.29, 0.717) is 49.3 Å². The van der Waals surface area contributed by atoms with Crippen LogP contribution in [0.3, 0.4) is 0 Å². The van der Waals surface area contributed by atoms with E-state index in [4.69, 9.17) is 38.0 Å². The Hall–Kier alpha value is -3.53. The Morgan fingerprint density at radius 1 is 1.11 bits per heavy atom. The second-order valence-corrected chi connectivity index (χ2v) is 9.93. The van der Waals surface area contributed by atoms with E-state index in [-0.39, 0.29) is 25.2 Å². The average molecular weight is 539 g/mol. The summed E-state index contributed by atoms with van der Waals surface area (Å²) in [5.41, 5.74) is 2.28. The van der Waals surface area contributed by atoms with E-state index in [2.05, 4.69) is 5.32 Å². The first-order valence-corrected chi connectivity index (χ1v) is 12.5. The number of para-hydroxylation sites is 1. The van der Waals surface area contributed by atoms with Crippen LogP contribution < -0.4 is 19.5 Å². The maximum absolute atomic E-state index is 13.0. The lowest BCUT2D eigenvalue weighted by Crippen LogP contribution is -2.27. The number of nitrogens with one attached hydrogen (secondary N) is 1. The third-order valence-electron chi connectivity index (χ3n) is 5.32. The summed E-state index contributed by atoms with van der Waals surface area (Å²) in [5.74, 6) is 1.23. The fourth-order valence-corrected chi connectivity index (χ4v) is 5.09. The Morgan fingerprint density at radius 2 is 1.92 bits per heavy atom. The number of halogens is 1. The van der Waals surface area contributed by atoms with Crippen LogP contribution in [-0.2, 0) is 16.1 Å². The Kier molecular flexibility index (Phi) is 7.13. The molecule has 1 N–H and O–H groups in total. The van der Waals surface area contributed by atoms with Crippen LogP contribution in [0, 0.1) is 0 Å². The minimum Gasteiger partial charge on any atom is -0.482 e. The third kappa shape index (κ3) is 5.48. The van der Waals surface area contributed by atoms with Crippen molar-refractivity contribution in [3.8, 4) is 17.2 Å². The predicted octanol–water partition coefficient (Wildman–Crippen LogP) is 5.49. The molecule has 7 nitrogen and oxygen atoms in total. The molecule has 36 heavy (non-hydrogen) atoms. The molecule has 1 fully saturated rings. The average Bonchev–Trinajstić information content (AvgIpc) is 3.44. The summed E-state index contributed by atoms with van der Waals surface area (Å²) in [6.07, 6.45) is 1.73. The van der Waals surface area contributed by atoms with Gasteiger partial charge in [0.25, 0.3) is 11.8 Å². The number of thiocarbonyl (C=S) groups is 1. The van der Waals surface area contributed by atoms with Crippen molar-refractivity contribution in [3.63, 3.8) is 0 Å². The number of thioether (sulfide) groups is 1. The van der Waals surface area contributed by atoms with E-state index in [9.17, 15) is 9.59 Å². The Labute approximate surface area is 222 Å². The number of amides is 2. The molecule has 0 radical (unpaired) electrons. The predicted molar refractivity (Wildman–Crippen MR) is 143 cm³/mol. The van der Waals surface area contributed by atoms with Crippen LogP contribution in [0.1, 0.15) is 11.1 Å². The first-order valence-electron chi connectivity index (χ1n) is 10.9. The number of fused-ring (bicyclic) bond motifs is 1. The zero-order valence-corrected chi connectivity index (χ0v) is 21.1. The normalized spacial score (nSPS) is 15.5. The monoisotopic (exact) mass is 538 g/mol. The van der Waals surface area contributed by atoms with Crippen molar-refractivity contribution in [2.45, 2.75) is 6.54 Å². The van der Waals surface area contributed by atoms with Crippen molar-refractivity contribution in [2.24, 2.45) is 0 Å². The van der Waals surface area contributed by atoms with Crippen molar-refractivity contribution in [1.29, 1.82) is 0 Å². The van der Waals surface area contributed by atoms with E-state index in [0.717, 1.165) is 5.56 Å². The topological polar surface area (TPSA) is 77.1 Å². The van der Waals surface area contributed by atoms with E-state index in [1.54, 1.807) is 41.3 Å². The van der Waals surface area contributed by atoms with Gasteiger partial charge in [-0.1, -0.05) is 65.9 Å². The SMILES string of the molecule is O=C(COc1ccc(/C=C2\SC(=S)N(Cc3ccc4c(c3)OCO4)C2=O)cc1Cl)Nc1ccccc1. The van der Waals surface area contributed by atoms with Gasteiger partial charge in [0.2, 0.25) is 6.79 Å². The molecule has 5 rings (SSSR count). The molecule has 182 valence electrons. The van der Waals surface area contributed by atoms with Gasteiger partial charge in [0.1, 0.15) is 10.1 Å². The number of carbonyl (C=O) groups is 2.